The number of rotatable bonds is 1. The molecule has 0 aliphatic heterocycles. The van der Waals surface area contributed by atoms with E-state index in [9.17, 15) is 0 Å². The third-order valence-corrected chi connectivity index (χ3v) is 4.12. The van der Waals surface area contributed by atoms with Crippen molar-refractivity contribution in [3.05, 3.63) is 47.2 Å². The van der Waals surface area contributed by atoms with Gasteiger partial charge in [-0.3, -0.25) is 5.41 Å². The standard InChI is InChI=1S/C17H16N4O/c18-15-13-14(11-8-4-5-9-12(11)22-16(13)19)20-17(21-15)10-6-2-1-3-7-10/h1-3,6-7,19H,4-5,8-9H2,(H2,18,20,21). The normalized spacial score (nSPS) is 14.0. The van der Waals surface area contributed by atoms with Gasteiger partial charge in [-0.1, -0.05) is 30.3 Å². The van der Waals surface area contributed by atoms with Crippen molar-refractivity contribution in [3.8, 4) is 11.4 Å². The number of aromatic nitrogens is 2. The van der Waals surface area contributed by atoms with E-state index in [0.29, 0.717) is 17.0 Å². The summed E-state index contributed by atoms with van der Waals surface area (Å²) in [7, 11) is 0. The van der Waals surface area contributed by atoms with Gasteiger partial charge in [0.2, 0.25) is 5.55 Å². The summed E-state index contributed by atoms with van der Waals surface area (Å²) < 4.78 is 5.65. The minimum Gasteiger partial charge on any atom is -0.443 e. The zero-order valence-corrected chi connectivity index (χ0v) is 12.1. The molecule has 0 unspecified atom stereocenters. The highest BCUT2D eigenvalue weighted by Crippen LogP contribution is 2.29. The van der Waals surface area contributed by atoms with Crippen molar-refractivity contribution in [2.24, 2.45) is 0 Å². The number of benzene rings is 1. The first kappa shape index (κ1) is 13.0. The van der Waals surface area contributed by atoms with Gasteiger partial charge < -0.3 is 10.2 Å². The summed E-state index contributed by atoms with van der Waals surface area (Å²) in [5.74, 6) is 1.79. The molecule has 3 N–H and O–H groups in total. The lowest BCUT2D eigenvalue weighted by atomic mass is 9.95. The van der Waals surface area contributed by atoms with Gasteiger partial charge in [0.15, 0.2) is 5.82 Å². The van der Waals surface area contributed by atoms with Crippen LogP contribution < -0.4 is 11.3 Å². The third kappa shape index (κ3) is 1.97. The number of aryl methyl sites for hydroxylation is 2. The Bertz CT molecular complexity index is 915. The molecule has 110 valence electrons. The second-order valence-corrected chi connectivity index (χ2v) is 5.56. The van der Waals surface area contributed by atoms with Crippen LogP contribution in [0.25, 0.3) is 22.3 Å². The summed E-state index contributed by atoms with van der Waals surface area (Å²) in [6, 6.07) is 9.77. The molecule has 3 aromatic rings. The summed E-state index contributed by atoms with van der Waals surface area (Å²) >= 11 is 0. The smallest absolute Gasteiger partial charge is 0.224 e. The number of nitrogen functional groups attached to an aromatic ring is 1. The topological polar surface area (TPSA) is 88.8 Å². The van der Waals surface area contributed by atoms with Crippen molar-refractivity contribution in [3.63, 3.8) is 0 Å². The van der Waals surface area contributed by atoms with Gasteiger partial charge in [-0.2, -0.15) is 0 Å². The Hall–Kier alpha value is -2.69. The van der Waals surface area contributed by atoms with Crippen molar-refractivity contribution in [2.45, 2.75) is 25.7 Å². The number of hydrogen-bond acceptors (Lipinski definition) is 5. The molecule has 1 aromatic carbocycles. The predicted molar refractivity (Wildman–Crippen MR) is 84.1 cm³/mol. The van der Waals surface area contributed by atoms with Crippen molar-refractivity contribution in [1.29, 1.82) is 5.41 Å². The molecule has 0 radical (unpaired) electrons. The average Bonchev–Trinajstić information content (AvgIpc) is 2.55. The van der Waals surface area contributed by atoms with Crippen molar-refractivity contribution in [1.82, 2.24) is 9.97 Å². The fourth-order valence-electron chi connectivity index (χ4n) is 3.05. The fourth-order valence-corrected chi connectivity index (χ4v) is 3.05. The number of nitrogens with two attached hydrogens (primary N) is 1. The average molecular weight is 292 g/mol. The highest BCUT2D eigenvalue weighted by Gasteiger charge is 2.20. The van der Waals surface area contributed by atoms with Crippen LogP contribution in [0, 0.1) is 5.41 Å². The first-order chi connectivity index (χ1) is 10.7. The second-order valence-electron chi connectivity index (χ2n) is 5.56. The van der Waals surface area contributed by atoms with E-state index in [2.05, 4.69) is 4.98 Å². The van der Waals surface area contributed by atoms with Crippen molar-refractivity contribution >= 4 is 16.7 Å². The van der Waals surface area contributed by atoms with Gasteiger partial charge >= 0.3 is 0 Å². The molecule has 0 fully saturated rings. The maximum Gasteiger partial charge on any atom is 0.224 e. The molecule has 0 saturated carbocycles. The van der Waals surface area contributed by atoms with Crippen LogP contribution in [0.1, 0.15) is 24.2 Å². The van der Waals surface area contributed by atoms with Gasteiger partial charge in [0.1, 0.15) is 17.0 Å². The summed E-state index contributed by atoms with van der Waals surface area (Å²) in [5, 5.41) is 8.62. The van der Waals surface area contributed by atoms with Gasteiger partial charge in [0.25, 0.3) is 0 Å². The van der Waals surface area contributed by atoms with Crippen LogP contribution in [-0.4, -0.2) is 9.97 Å². The van der Waals surface area contributed by atoms with E-state index in [-0.39, 0.29) is 5.55 Å². The molecule has 0 atom stereocenters. The molecular weight excluding hydrogens is 276 g/mol. The monoisotopic (exact) mass is 292 g/mol. The quantitative estimate of drug-likeness (QED) is 0.721. The minimum atomic E-state index is 0.0627. The highest BCUT2D eigenvalue weighted by atomic mass is 16.3. The number of anilines is 1. The molecule has 0 spiro atoms. The number of nitrogens with zero attached hydrogens (tertiary/aromatic N) is 2. The van der Waals surface area contributed by atoms with E-state index in [1.807, 2.05) is 30.3 Å². The lowest BCUT2D eigenvalue weighted by Gasteiger charge is -2.16. The SMILES string of the molecule is N=c1oc2c(c3nc(-c4ccccc4)nc(N)c13)CCCC2. The van der Waals surface area contributed by atoms with Gasteiger partial charge in [-0.05, 0) is 19.3 Å². The molecule has 22 heavy (non-hydrogen) atoms. The molecule has 0 amide bonds. The van der Waals surface area contributed by atoms with Crippen LogP contribution in [0.4, 0.5) is 5.82 Å². The Balaban J connectivity index is 2.06. The number of fused-ring (bicyclic) bond motifs is 3. The minimum absolute atomic E-state index is 0.0627. The van der Waals surface area contributed by atoms with Gasteiger partial charge in [0.05, 0.1) is 5.52 Å². The van der Waals surface area contributed by atoms with Crippen LogP contribution in [0.5, 0.6) is 0 Å². The largest absolute Gasteiger partial charge is 0.443 e. The van der Waals surface area contributed by atoms with E-state index in [1.165, 1.54) is 0 Å². The first-order valence-corrected chi connectivity index (χ1v) is 7.46. The molecule has 0 bridgehead atoms. The summed E-state index contributed by atoms with van der Waals surface area (Å²) in [4.78, 5) is 9.08. The van der Waals surface area contributed by atoms with E-state index in [4.69, 9.17) is 20.5 Å². The summed E-state index contributed by atoms with van der Waals surface area (Å²) in [6.45, 7) is 0. The predicted octanol–water partition coefficient (Wildman–Crippen LogP) is 2.83. The van der Waals surface area contributed by atoms with Crippen LogP contribution in [0.15, 0.2) is 34.7 Å². The van der Waals surface area contributed by atoms with E-state index < -0.39 is 0 Å². The van der Waals surface area contributed by atoms with Gasteiger partial charge in [0, 0.05) is 17.5 Å². The van der Waals surface area contributed by atoms with Crippen molar-refractivity contribution in [2.75, 3.05) is 5.73 Å². The molecule has 5 heteroatoms. The Morgan fingerprint density at radius 3 is 2.64 bits per heavy atom. The third-order valence-electron chi connectivity index (χ3n) is 4.12. The van der Waals surface area contributed by atoms with E-state index in [1.54, 1.807) is 0 Å². The molecular formula is C17H16N4O. The molecule has 1 aliphatic rings. The Kier molecular flexibility index (Phi) is 2.92. The summed E-state index contributed by atoms with van der Waals surface area (Å²) in [6.07, 6.45) is 3.98. The second kappa shape index (κ2) is 4.94. The Morgan fingerprint density at radius 1 is 1.05 bits per heavy atom. The lowest BCUT2D eigenvalue weighted by molar-refractivity contribution is 0.420. The molecule has 5 nitrogen and oxygen atoms in total. The van der Waals surface area contributed by atoms with E-state index in [0.717, 1.165) is 48.1 Å². The maximum absolute atomic E-state index is 8.09. The maximum atomic E-state index is 8.09. The molecule has 1 aliphatic carbocycles. The van der Waals surface area contributed by atoms with Crippen molar-refractivity contribution < 1.29 is 4.42 Å². The van der Waals surface area contributed by atoms with Crippen LogP contribution >= 0.6 is 0 Å². The van der Waals surface area contributed by atoms with E-state index >= 15 is 0 Å². The van der Waals surface area contributed by atoms with Gasteiger partial charge in [-0.15, -0.1) is 0 Å². The van der Waals surface area contributed by atoms with Crippen LogP contribution in [0.2, 0.25) is 0 Å². The summed E-state index contributed by atoms with van der Waals surface area (Å²) in [5.41, 5.74) is 8.95. The molecule has 4 rings (SSSR count). The van der Waals surface area contributed by atoms with Crippen LogP contribution in [-0.2, 0) is 12.8 Å². The van der Waals surface area contributed by atoms with Gasteiger partial charge in [-0.25, -0.2) is 9.97 Å². The zero-order valence-electron chi connectivity index (χ0n) is 12.1. The molecule has 0 saturated heterocycles. The Labute approximate surface area is 127 Å². The van der Waals surface area contributed by atoms with Crippen LogP contribution in [0.3, 0.4) is 0 Å². The number of hydrogen-bond donors (Lipinski definition) is 2. The molecule has 2 heterocycles. The number of nitrogens with one attached hydrogen (secondary N) is 1. The highest BCUT2D eigenvalue weighted by molar-refractivity contribution is 5.90. The first-order valence-electron chi connectivity index (χ1n) is 7.46. The lowest BCUT2D eigenvalue weighted by Crippen LogP contribution is -2.14. The fraction of sp³-hybridized carbons (Fsp3) is 0.235. The zero-order chi connectivity index (χ0) is 15.1. The Morgan fingerprint density at radius 2 is 1.82 bits per heavy atom. The molecule has 2 aromatic heterocycles.